The summed E-state index contributed by atoms with van der Waals surface area (Å²) in [4.78, 5) is 9.70. The number of nitro benzene ring substituents is 1. The summed E-state index contributed by atoms with van der Waals surface area (Å²) in [6.45, 7) is 0. The summed E-state index contributed by atoms with van der Waals surface area (Å²) in [6.07, 6.45) is 0. The highest BCUT2D eigenvalue weighted by molar-refractivity contribution is 6.59. The number of benzene rings is 1. The van der Waals surface area contributed by atoms with Crippen molar-refractivity contribution >= 4 is 41.5 Å². The van der Waals surface area contributed by atoms with E-state index in [9.17, 15) is 10.1 Å². The first-order chi connectivity index (χ1) is 6.43. The zero-order chi connectivity index (χ0) is 10.9. The van der Waals surface area contributed by atoms with Gasteiger partial charge in [-0.1, -0.05) is 23.2 Å². The molecule has 0 aliphatic heterocycles. The number of halogens is 2. The zero-order valence-corrected chi connectivity index (χ0v) is 8.16. The van der Waals surface area contributed by atoms with Crippen LogP contribution >= 0.6 is 23.2 Å². The molecule has 0 aliphatic rings. The maximum atomic E-state index is 10.4. The van der Waals surface area contributed by atoms with Crippen LogP contribution in [-0.2, 0) is 0 Å². The summed E-state index contributed by atoms with van der Waals surface area (Å²) in [6, 6.07) is 2.16. The minimum absolute atomic E-state index is 0.00519. The Morgan fingerprint density at radius 2 is 1.71 bits per heavy atom. The molecule has 0 aromatic heterocycles. The van der Waals surface area contributed by atoms with E-state index in [4.69, 9.17) is 33.2 Å². The lowest BCUT2D eigenvalue weighted by Crippen LogP contribution is -2.29. The van der Waals surface area contributed by atoms with Crippen LogP contribution < -0.4 is 5.46 Å². The smallest absolute Gasteiger partial charge is 0.423 e. The van der Waals surface area contributed by atoms with E-state index in [1.165, 1.54) is 0 Å². The highest BCUT2D eigenvalue weighted by Crippen LogP contribution is 2.30. The minimum atomic E-state index is -1.76. The maximum Gasteiger partial charge on any atom is 0.488 e. The highest BCUT2D eigenvalue weighted by Gasteiger charge is 2.22. The lowest BCUT2D eigenvalue weighted by Gasteiger charge is -2.02. The Balaban J connectivity index is 3.32. The highest BCUT2D eigenvalue weighted by atomic mass is 35.5. The topological polar surface area (TPSA) is 83.6 Å². The second kappa shape index (κ2) is 4.14. The molecule has 8 heteroatoms. The van der Waals surface area contributed by atoms with Gasteiger partial charge in [0, 0.05) is 0 Å². The first kappa shape index (κ1) is 11.3. The number of nitrogens with zero attached hydrogens (tertiary/aromatic N) is 1. The van der Waals surface area contributed by atoms with Crippen molar-refractivity contribution in [1.29, 1.82) is 0 Å². The van der Waals surface area contributed by atoms with Crippen molar-refractivity contribution in [3.63, 3.8) is 0 Å². The summed E-state index contributed by atoms with van der Waals surface area (Å²) in [5, 5.41) is 27.5. The van der Waals surface area contributed by atoms with Gasteiger partial charge >= 0.3 is 12.8 Å². The molecule has 1 aromatic rings. The molecule has 0 heterocycles. The van der Waals surface area contributed by atoms with Crippen LogP contribution in [0.3, 0.4) is 0 Å². The van der Waals surface area contributed by atoms with Crippen molar-refractivity contribution < 1.29 is 15.0 Å². The Morgan fingerprint density at radius 1 is 1.29 bits per heavy atom. The van der Waals surface area contributed by atoms with Crippen LogP contribution in [0.25, 0.3) is 0 Å². The monoisotopic (exact) mass is 235 g/mol. The van der Waals surface area contributed by atoms with E-state index in [-0.39, 0.29) is 15.5 Å². The Bertz CT molecular complexity index is 361. The van der Waals surface area contributed by atoms with Gasteiger partial charge in [0.2, 0.25) is 0 Å². The molecule has 1 rings (SSSR count). The number of rotatable bonds is 2. The van der Waals surface area contributed by atoms with Crippen molar-refractivity contribution in [2.75, 3.05) is 0 Å². The molecular formula is C6H4BCl2NO4. The molecule has 0 fully saturated rings. The van der Waals surface area contributed by atoms with E-state index in [0.29, 0.717) is 0 Å². The first-order valence-corrected chi connectivity index (χ1v) is 4.18. The van der Waals surface area contributed by atoms with Gasteiger partial charge in [-0.3, -0.25) is 10.1 Å². The summed E-state index contributed by atoms with van der Waals surface area (Å²) in [7, 11) is -1.76. The van der Waals surface area contributed by atoms with Crippen molar-refractivity contribution in [2.24, 2.45) is 0 Å². The third-order valence-corrected chi connectivity index (χ3v) is 2.10. The van der Waals surface area contributed by atoms with Gasteiger partial charge in [0.05, 0.1) is 4.92 Å². The quantitative estimate of drug-likeness (QED) is 0.446. The van der Waals surface area contributed by atoms with Crippen molar-refractivity contribution in [3.8, 4) is 0 Å². The molecule has 74 valence electrons. The third-order valence-electron chi connectivity index (χ3n) is 1.52. The molecule has 0 saturated carbocycles. The van der Waals surface area contributed by atoms with Gasteiger partial charge in [-0.05, 0) is 17.6 Å². The number of hydrogen-bond acceptors (Lipinski definition) is 4. The van der Waals surface area contributed by atoms with Gasteiger partial charge < -0.3 is 10.0 Å². The van der Waals surface area contributed by atoms with Crippen LogP contribution in [0, 0.1) is 10.1 Å². The normalized spacial score (nSPS) is 10.0. The molecule has 0 amide bonds. The van der Waals surface area contributed by atoms with Gasteiger partial charge in [0.15, 0.2) is 0 Å². The van der Waals surface area contributed by atoms with Gasteiger partial charge in [0.1, 0.15) is 10.0 Å². The number of nitro groups is 1. The molecule has 2 N–H and O–H groups in total. The van der Waals surface area contributed by atoms with E-state index < -0.39 is 17.7 Å². The lowest BCUT2D eigenvalue weighted by atomic mass is 9.80. The Hall–Kier alpha value is -0.815. The van der Waals surface area contributed by atoms with Crippen LogP contribution in [0.15, 0.2) is 12.1 Å². The third kappa shape index (κ3) is 2.16. The lowest BCUT2D eigenvalue weighted by molar-refractivity contribution is -0.384. The molecule has 0 radical (unpaired) electrons. The molecule has 5 nitrogen and oxygen atoms in total. The molecule has 14 heavy (non-hydrogen) atoms. The molecule has 0 saturated heterocycles. The van der Waals surface area contributed by atoms with E-state index in [1.54, 1.807) is 0 Å². The van der Waals surface area contributed by atoms with E-state index in [1.807, 2.05) is 0 Å². The average Bonchev–Trinajstić information content (AvgIpc) is 2.01. The van der Waals surface area contributed by atoms with Crippen LogP contribution in [0.5, 0.6) is 0 Å². The maximum absolute atomic E-state index is 10.4. The molecule has 1 aromatic carbocycles. The largest absolute Gasteiger partial charge is 0.488 e. The van der Waals surface area contributed by atoms with Crippen molar-refractivity contribution in [3.05, 3.63) is 32.3 Å². The molecule has 0 unspecified atom stereocenters. The Morgan fingerprint density at radius 3 is 2.00 bits per heavy atom. The van der Waals surface area contributed by atoms with Crippen LogP contribution in [0.2, 0.25) is 10.0 Å². The van der Waals surface area contributed by atoms with Crippen LogP contribution in [0.1, 0.15) is 0 Å². The Kier molecular flexibility index (Phi) is 3.33. The average molecular weight is 236 g/mol. The number of hydrogen-bond donors (Lipinski definition) is 2. The second-order valence-electron chi connectivity index (χ2n) is 2.46. The summed E-state index contributed by atoms with van der Waals surface area (Å²) >= 11 is 11.1. The standard InChI is InChI=1S/C6H4BCl2NO4/c8-4-1-3(7(11)12)2-5(9)6(4)10(13)14/h1-2,11-12H. The van der Waals surface area contributed by atoms with Gasteiger partial charge in [-0.15, -0.1) is 0 Å². The fourth-order valence-corrected chi connectivity index (χ4v) is 1.55. The van der Waals surface area contributed by atoms with E-state index in [0.717, 1.165) is 12.1 Å². The van der Waals surface area contributed by atoms with Crippen LogP contribution in [-0.4, -0.2) is 22.1 Å². The molecule has 0 atom stereocenters. The van der Waals surface area contributed by atoms with Gasteiger partial charge in [-0.2, -0.15) is 0 Å². The summed E-state index contributed by atoms with van der Waals surface area (Å²) in [5.74, 6) is 0. The molecule has 0 bridgehead atoms. The van der Waals surface area contributed by atoms with E-state index in [2.05, 4.69) is 0 Å². The summed E-state index contributed by atoms with van der Waals surface area (Å²) in [5.41, 5.74) is -0.441. The first-order valence-electron chi connectivity index (χ1n) is 3.43. The van der Waals surface area contributed by atoms with E-state index >= 15 is 0 Å². The SMILES string of the molecule is O=[N+]([O-])c1c(Cl)cc(B(O)O)cc1Cl. The second-order valence-corrected chi connectivity index (χ2v) is 3.28. The van der Waals surface area contributed by atoms with Crippen molar-refractivity contribution in [1.82, 2.24) is 0 Å². The van der Waals surface area contributed by atoms with Crippen LogP contribution in [0.4, 0.5) is 5.69 Å². The fourth-order valence-electron chi connectivity index (χ4n) is 0.909. The van der Waals surface area contributed by atoms with Crippen molar-refractivity contribution in [2.45, 2.75) is 0 Å². The molecule has 0 aliphatic carbocycles. The van der Waals surface area contributed by atoms with Gasteiger partial charge in [0.25, 0.3) is 0 Å². The summed E-state index contributed by atoms with van der Waals surface area (Å²) < 4.78 is 0. The predicted octanol–water partition coefficient (Wildman–Crippen LogP) is 0.581. The fraction of sp³-hybridized carbons (Fsp3) is 0. The minimum Gasteiger partial charge on any atom is -0.423 e. The van der Waals surface area contributed by atoms with Gasteiger partial charge in [-0.25, -0.2) is 0 Å². The molecule has 0 spiro atoms. The Labute approximate surface area is 89.2 Å². The predicted molar refractivity (Wildman–Crippen MR) is 52.9 cm³/mol. The molecular weight excluding hydrogens is 232 g/mol. The zero-order valence-electron chi connectivity index (χ0n) is 6.65.